The van der Waals surface area contributed by atoms with Gasteiger partial charge in [-0.3, -0.25) is 10.1 Å². The van der Waals surface area contributed by atoms with E-state index in [-0.39, 0.29) is 27.9 Å². The topological polar surface area (TPSA) is 100 Å². The van der Waals surface area contributed by atoms with Crippen molar-refractivity contribution >= 4 is 46.8 Å². The first-order valence-corrected chi connectivity index (χ1v) is 9.56. The van der Waals surface area contributed by atoms with E-state index in [4.69, 9.17) is 37.4 Å². The molecule has 0 saturated heterocycles. The number of carbonyl (C=O) groups excluding carboxylic acids is 1. The third-order valence-electron chi connectivity index (χ3n) is 4.02. The van der Waals surface area contributed by atoms with Crippen LogP contribution in [0.3, 0.4) is 0 Å². The van der Waals surface area contributed by atoms with E-state index < -0.39 is 10.9 Å². The molecule has 0 unspecified atom stereocenters. The van der Waals surface area contributed by atoms with Gasteiger partial charge in [-0.15, -0.1) is 0 Å². The summed E-state index contributed by atoms with van der Waals surface area (Å²) in [4.78, 5) is 26.7. The number of carbonyl (C=O) groups is 1. The van der Waals surface area contributed by atoms with E-state index in [1.807, 2.05) is 6.92 Å². The number of hydrogen-bond donors (Lipinski definition) is 0. The molecule has 0 aliphatic carbocycles. The zero-order chi connectivity index (χ0) is 21.8. The van der Waals surface area contributed by atoms with Crippen molar-refractivity contribution in [3.05, 3.63) is 67.3 Å². The second-order valence-corrected chi connectivity index (χ2v) is 6.95. The molecule has 0 fully saturated rings. The van der Waals surface area contributed by atoms with Crippen LogP contribution in [0.5, 0.6) is 11.5 Å². The first kappa shape index (κ1) is 21.6. The van der Waals surface area contributed by atoms with Crippen molar-refractivity contribution in [2.75, 3.05) is 13.7 Å². The highest BCUT2D eigenvalue weighted by atomic mass is 35.5. The molecule has 1 heterocycles. The summed E-state index contributed by atoms with van der Waals surface area (Å²) >= 11 is 12.4. The Morgan fingerprint density at radius 3 is 2.63 bits per heavy atom. The molecule has 0 aromatic heterocycles. The number of nitrogens with zero attached hydrogens (tertiary/aromatic N) is 2. The van der Waals surface area contributed by atoms with Gasteiger partial charge in [-0.1, -0.05) is 30.1 Å². The number of esters is 1. The van der Waals surface area contributed by atoms with Crippen molar-refractivity contribution in [2.24, 2.45) is 4.99 Å². The second-order valence-electron chi connectivity index (χ2n) is 6.14. The number of nitro groups is 1. The van der Waals surface area contributed by atoms with Gasteiger partial charge in [0, 0.05) is 12.1 Å². The molecule has 0 atom stereocenters. The number of halogens is 2. The van der Waals surface area contributed by atoms with E-state index >= 15 is 0 Å². The van der Waals surface area contributed by atoms with Crippen LogP contribution in [-0.2, 0) is 9.53 Å². The van der Waals surface area contributed by atoms with E-state index in [1.54, 1.807) is 12.1 Å². The largest absolute Gasteiger partial charge is 0.493 e. The standard InChI is InChI=1S/C20H16Cl2N2O6/c1-3-6-29-18-15(22)7-11(9-17(18)28-2)8-16-20(25)30-19(23-16)13-5-4-12(24(26)27)10-14(13)21/h4-5,7-10H,3,6H2,1-2H3. The Kier molecular flexibility index (Phi) is 6.59. The quantitative estimate of drug-likeness (QED) is 0.253. The number of cyclic esters (lactones) is 1. The van der Waals surface area contributed by atoms with Crippen LogP contribution in [0, 0.1) is 10.1 Å². The fourth-order valence-electron chi connectivity index (χ4n) is 2.64. The lowest BCUT2D eigenvalue weighted by Crippen LogP contribution is -2.06. The van der Waals surface area contributed by atoms with Crippen LogP contribution in [0.4, 0.5) is 5.69 Å². The molecule has 1 aliphatic heterocycles. The summed E-state index contributed by atoms with van der Waals surface area (Å²) < 4.78 is 16.1. The fraction of sp³-hybridized carbons (Fsp3) is 0.200. The Morgan fingerprint density at radius 2 is 2.00 bits per heavy atom. The van der Waals surface area contributed by atoms with Crippen LogP contribution in [0.15, 0.2) is 41.0 Å². The first-order chi connectivity index (χ1) is 14.3. The summed E-state index contributed by atoms with van der Waals surface area (Å²) in [5, 5.41) is 11.2. The highest BCUT2D eigenvalue weighted by Gasteiger charge is 2.27. The molecule has 3 rings (SSSR count). The van der Waals surface area contributed by atoms with Crippen molar-refractivity contribution in [1.82, 2.24) is 0 Å². The number of nitro benzene ring substituents is 1. The molecule has 30 heavy (non-hydrogen) atoms. The molecule has 2 aromatic rings. The molecule has 156 valence electrons. The molecule has 1 aliphatic rings. The Bertz CT molecular complexity index is 1080. The van der Waals surface area contributed by atoms with Crippen molar-refractivity contribution in [3.63, 3.8) is 0 Å². The Hall–Kier alpha value is -3.10. The Morgan fingerprint density at radius 1 is 1.23 bits per heavy atom. The van der Waals surface area contributed by atoms with Gasteiger partial charge < -0.3 is 14.2 Å². The Balaban J connectivity index is 1.94. The lowest BCUT2D eigenvalue weighted by Gasteiger charge is -2.12. The van der Waals surface area contributed by atoms with Gasteiger partial charge in [0.15, 0.2) is 17.2 Å². The highest BCUT2D eigenvalue weighted by Crippen LogP contribution is 2.37. The van der Waals surface area contributed by atoms with E-state index in [0.29, 0.717) is 28.7 Å². The summed E-state index contributed by atoms with van der Waals surface area (Å²) in [6, 6.07) is 7.05. The summed E-state index contributed by atoms with van der Waals surface area (Å²) in [5.74, 6) is 0.0868. The van der Waals surface area contributed by atoms with Gasteiger partial charge in [-0.2, -0.15) is 0 Å². The number of hydrogen-bond acceptors (Lipinski definition) is 7. The van der Waals surface area contributed by atoms with Gasteiger partial charge in [-0.25, -0.2) is 9.79 Å². The maximum absolute atomic E-state index is 12.3. The van der Waals surface area contributed by atoms with Crippen LogP contribution in [0.2, 0.25) is 10.0 Å². The number of ether oxygens (including phenoxy) is 3. The van der Waals surface area contributed by atoms with Gasteiger partial charge in [0.05, 0.1) is 34.2 Å². The van der Waals surface area contributed by atoms with Crippen LogP contribution in [0.1, 0.15) is 24.5 Å². The number of aliphatic imine (C=N–C) groups is 1. The average Bonchev–Trinajstić information content (AvgIpc) is 3.06. The van der Waals surface area contributed by atoms with E-state index in [9.17, 15) is 14.9 Å². The van der Waals surface area contributed by atoms with Crippen LogP contribution in [-0.4, -0.2) is 30.5 Å². The summed E-state index contributed by atoms with van der Waals surface area (Å²) in [6.45, 7) is 2.45. The summed E-state index contributed by atoms with van der Waals surface area (Å²) in [7, 11) is 1.48. The zero-order valence-corrected chi connectivity index (χ0v) is 17.5. The molecule has 0 N–H and O–H groups in total. The molecular formula is C20H16Cl2N2O6. The Labute approximate surface area is 181 Å². The minimum absolute atomic E-state index is 0.0137. The number of rotatable bonds is 7. The molecule has 2 aromatic carbocycles. The van der Waals surface area contributed by atoms with Gasteiger partial charge in [0.25, 0.3) is 5.69 Å². The zero-order valence-electron chi connectivity index (χ0n) is 16.0. The fourth-order valence-corrected chi connectivity index (χ4v) is 3.17. The van der Waals surface area contributed by atoms with Crippen molar-refractivity contribution in [2.45, 2.75) is 13.3 Å². The van der Waals surface area contributed by atoms with Crippen LogP contribution < -0.4 is 9.47 Å². The molecule has 0 saturated carbocycles. The minimum Gasteiger partial charge on any atom is -0.493 e. The monoisotopic (exact) mass is 450 g/mol. The molecule has 0 spiro atoms. The lowest BCUT2D eigenvalue weighted by atomic mass is 10.1. The van der Waals surface area contributed by atoms with Crippen molar-refractivity contribution in [1.29, 1.82) is 0 Å². The molecule has 10 heteroatoms. The maximum atomic E-state index is 12.3. The minimum atomic E-state index is -0.694. The number of methoxy groups -OCH3 is 1. The smallest absolute Gasteiger partial charge is 0.363 e. The average molecular weight is 451 g/mol. The molecule has 0 amide bonds. The molecular weight excluding hydrogens is 435 g/mol. The molecule has 0 radical (unpaired) electrons. The number of benzene rings is 2. The van der Waals surface area contributed by atoms with Gasteiger partial charge in [-0.05, 0) is 36.3 Å². The predicted octanol–water partition coefficient (Wildman–Crippen LogP) is 5.04. The normalized spacial score (nSPS) is 14.5. The van der Waals surface area contributed by atoms with Gasteiger partial charge in [0.1, 0.15) is 0 Å². The highest BCUT2D eigenvalue weighted by molar-refractivity contribution is 6.35. The number of non-ortho nitro benzene ring substituents is 1. The third-order valence-corrected chi connectivity index (χ3v) is 4.61. The second kappa shape index (κ2) is 9.15. The van der Waals surface area contributed by atoms with Crippen LogP contribution >= 0.6 is 23.2 Å². The lowest BCUT2D eigenvalue weighted by molar-refractivity contribution is -0.384. The van der Waals surface area contributed by atoms with Crippen LogP contribution in [0.25, 0.3) is 6.08 Å². The maximum Gasteiger partial charge on any atom is 0.363 e. The van der Waals surface area contributed by atoms with E-state index in [2.05, 4.69) is 4.99 Å². The van der Waals surface area contributed by atoms with Crippen molar-refractivity contribution < 1.29 is 23.9 Å². The van der Waals surface area contributed by atoms with E-state index in [0.717, 1.165) is 12.5 Å². The van der Waals surface area contributed by atoms with Crippen molar-refractivity contribution in [3.8, 4) is 11.5 Å². The predicted molar refractivity (Wildman–Crippen MR) is 113 cm³/mol. The summed E-state index contributed by atoms with van der Waals surface area (Å²) in [5.41, 5.74) is 0.640. The van der Waals surface area contributed by atoms with Gasteiger partial charge in [0.2, 0.25) is 5.90 Å². The third kappa shape index (κ3) is 4.55. The first-order valence-electron chi connectivity index (χ1n) is 8.81. The van der Waals surface area contributed by atoms with E-state index in [1.165, 1.54) is 25.3 Å². The molecule has 8 nitrogen and oxygen atoms in total. The molecule has 0 bridgehead atoms. The van der Waals surface area contributed by atoms with Gasteiger partial charge >= 0.3 is 5.97 Å². The SMILES string of the molecule is CCCOc1c(Cl)cc(C=C2N=C(c3ccc([N+](=O)[O-])cc3Cl)OC2=O)cc1OC. The summed E-state index contributed by atoms with van der Waals surface area (Å²) in [6.07, 6.45) is 2.28.